The minimum absolute atomic E-state index is 0.592. The lowest BCUT2D eigenvalue weighted by Crippen LogP contribution is -2.00. The van der Waals surface area contributed by atoms with Crippen LogP contribution in [0.15, 0.2) is 215 Å². The molecule has 0 unspecified atom stereocenters. The zero-order chi connectivity index (χ0) is 41.4. The highest BCUT2D eigenvalue weighted by molar-refractivity contribution is 6.12. The summed E-state index contributed by atoms with van der Waals surface area (Å²) in [6.45, 7) is 0. The Morgan fingerprint density at radius 2 is 0.857 bits per heavy atom. The lowest BCUT2D eigenvalue weighted by atomic mass is 10.0. The van der Waals surface area contributed by atoms with E-state index < -0.39 is 0 Å². The monoisotopic (exact) mass is 806 g/mol. The first-order valence-corrected chi connectivity index (χ1v) is 21.1. The first-order chi connectivity index (χ1) is 31.2. The Balaban J connectivity index is 0.869. The maximum Gasteiger partial charge on any atom is 0.164 e. The Morgan fingerprint density at radius 1 is 0.302 bits per heavy atom. The molecule has 13 aromatic rings. The molecule has 0 bridgehead atoms. The highest BCUT2D eigenvalue weighted by Crippen LogP contribution is 2.40. The van der Waals surface area contributed by atoms with E-state index in [2.05, 4.69) is 132 Å². The molecule has 63 heavy (non-hydrogen) atoms. The molecule has 0 saturated heterocycles. The number of hydrogen-bond acceptors (Lipinski definition) is 5. The van der Waals surface area contributed by atoms with Crippen LogP contribution in [0, 0.1) is 0 Å². The van der Waals surface area contributed by atoms with E-state index in [1.807, 2.05) is 78.9 Å². The molecular weight excluding hydrogens is 773 g/mol. The molecule has 4 aromatic heterocycles. The molecule has 0 aliphatic heterocycles. The van der Waals surface area contributed by atoms with Crippen LogP contribution in [0.5, 0.6) is 0 Å². The number of furan rings is 2. The molecule has 0 fully saturated rings. The van der Waals surface area contributed by atoms with Crippen molar-refractivity contribution in [1.82, 2.24) is 19.5 Å². The number of benzene rings is 9. The average Bonchev–Trinajstić information content (AvgIpc) is 4.03. The minimum Gasteiger partial charge on any atom is -0.456 e. The SMILES string of the molecule is c1ccc(-c2nc(-c3ccccc3)nc(-c3ccc4c(c3)oc3ccc(-c5ccc6c(c5)c5ccccc5n6-c5ccc(-c6cccc7c6oc6ccccc67)cc5)cc34)n2)cc1. The maximum absolute atomic E-state index is 6.51. The lowest BCUT2D eigenvalue weighted by molar-refractivity contribution is 0.669. The molecular formula is C57H34N4O2. The number of rotatable bonds is 6. The summed E-state index contributed by atoms with van der Waals surface area (Å²) in [7, 11) is 0. The molecule has 0 aliphatic rings. The van der Waals surface area contributed by atoms with Gasteiger partial charge in [0.05, 0.1) is 11.0 Å². The summed E-state index contributed by atoms with van der Waals surface area (Å²) in [4.78, 5) is 14.8. The van der Waals surface area contributed by atoms with Crippen molar-refractivity contribution >= 4 is 65.7 Å². The quantitative estimate of drug-likeness (QED) is 0.167. The van der Waals surface area contributed by atoms with E-state index in [1.54, 1.807) is 0 Å². The third-order valence-corrected chi connectivity index (χ3v) is 12.3. The van der Waals surface area contributed by atoms with Crippen LogP contribution in [0.1, 0.15) is 0 Å². The molecule has 0 aliphatic carbocycles. The Hall–Kier alpha value is -8.61. The van der Waals surface area contributed by atoms with Crippen LogP contribution in [0.3, 0.4) is 0 Å². The molecule has 6 heteroatoms. The summed E-state index contributed by atoms with van der Waals surface area (Å²) in [5.41, 5.74) is 14.0. The second-order valence-corrected chi connectivity index (χ2v) is 16.0. The molecule has 4 heterocycles. The summed E-state index contributed by atoms with van der Waals surface area (Å²) in [5.74, 6) is 1.84. The average molecular weight is 807 g/mol. The Kier molecular flexibility index (Phi) is 7.80. The van der Waals surface area contributed by atoms with Gasteiger partial charge in [-0.05, 0) is 77.4 Å². The second kappa shape index (κ2) is 14.0. The van der Waals surface area contributed by atoms with Gasteiger partial charge in [-0.15, -0.1) is 0 Å². The molecule has 0 N–H and O–H groups in total. The van der Waals surface area contributed by atoms with Gasteiger partial charge in [0.1, 0.15) is 22.3 Å². The summed E-state index contributed by atoms with van der Waals surface area (Å²) >= 11 is 0. The van der Waals surface area contributed by atoms with Gasteiger partial charge in [0.15, 0.2) is 17.5 Å². The zero-order valence-corrected chi connectivity index (χ0v) is 33.7. The highest BCUT2D eigenvalue weighted by Gasteiger charge is 2.18. The first kappa shape index (κ1) is 35.2. The third kappa shape index (κ3) is 5.76. The van der Waals surface area contributed by atoms with Crippen LogP contribution in [0.25, 0.3) is 128 Å². The van der Waals surface area contributed by atoms with E-state index in [1.165, 1.54) is 10.8 Å². The van der Waals surface area contributed by atoms with Gasteiger partial charge in [-0.3, -0.25) is 0 Å². The summed E-state index contributed by atoms with van der Waals surface area (Å²) in [5, 5.41) is 6.76. The van der Waals surface area contributed by atoms with Crippen molar-refractivity contribution in [2.75, 3.05) is 0 Å². The summed E-state index contributed by atoms with van der Waals surface area (Å²) in [6.07, 6.45) is 0. The van der Waals surface area contributed by atoms with Crippen molar-refractivity contribution in [3.63, 3.8) is 0 Å². The minimum atomic E-state index is 0.592. The van der Waals surface area contributed by atoms with E-state index in [-0.39, 0.29) is 0 Å². The molecule has 0 saturated carbocycles. The van der Waals surface area contributed by atoms with Crippen molar-refractivity contribution in [3.8, 4) is 62.1 Å². The predicted octanol–water partition coefficient (Wildman–Crippen LogP) is 15.1. The standard InChI is InChI=1S/C57H34N4O2/c1-3-12-36(13-4-1)55-58-56(37-14-5-2-6-15-37)60-57(59-55)40-24-29-45-48-33-39(26-31-52(48)62-53(45)34-40)38-25-30-50-47(32-38)43-16-7-9-20-49(43)61(50)41-27-22-35(23-28-41)42-18-11-19-46-44-17-8-10-21-51(44)63-54(42)46/h1-34H. The van der Waals surface area contributed by atoms with Crippen molar-refractivity contribution in [1.29, 1.82) is 0 Å². The molecule has 294 valence electrons. The van der Waals surface area contributed by atoms with Gasteiger partial charge in [0, 0.05) is 60.3 Å². The third-order valence-electron chi connectivity index (χ3n) is 12.3. The fourth-order valence-electron chi connectivity index (χ4n) is 9.23. The maximum atomic E-state index is 6.51. The van der Waals surface area contributed by atoms with E-state index in [0.29, 0.717) is 17.5 Å². The van der Waals surface area contributed by atoms with Crippen LogP contribution in [-0.2, 0) is 0 Å². The van der Waals surface area contributed by atoms with E-state index >= 15 is 0 Å². The predicted molar refractivity (Wildman–Crippen MR) is 256 cm³/mol. The summed E-state index contributed by atoms with van der Waals surface area (Å²) in [6, 6.07) is 71.7. The number of nitrogens with zero attached hydrogens (tertiary/aromatic N) is 4. The molecule has 0 atom stereocenters. The van der Waals surface area contributed by atoms with Crippen molar-refractivity contribution in [2.45, 2.75) is 0 Å². The normalized spacial score (nSPS) is 11.8. The molecule has 0 radical (unpaired) electrons. The Labute approximate surface area is 361 Å². The van der Waals surface area contributed by atoms with Gasteiger partial charge in [0.25, 0.3) is 0 Å². The molecule has 6 nitrogen and oxygen atoms in total. The topological polar surface area (TPSA) is 69.9 Å². The number of fused-ring (bicyclic) bond motifs is 9. The molecule has 0 spiro atoms. The second-order valence-electron chi connectivity index (χ2n) is 16.0. The largest absolute Gasteiger partial charge is 0.456 e. The van der Waals surface area contributed by atoms with Gasteiger partial charge < -0.3 is 13.4 Å². The van der Waals surface area contributed by atoms with Gasteiger partial charge >= 0.3 is 0 Å². The fourth-order valence-corrected chi connectivity index (χ4v) is 9.23. The Morgan fingerprint density at radius 3 is 1.62 bits per heavy atom. The van der Waals surface area contributed by atoms with Gasteiger partial charge in [-0.2, -0.15) is 0 Å². The van der Waals surface area contributed by atoms with Gasteiger partial charge in [-0.25, -0.2) is 15.0 Å². The fraction of sp³-hybridized carbons (Fsp3) is 0. The van der Waals surface area contributed by atoms with Crippen molar-refractivity contribution in [2.24, 2.45) is 0 Å². The molecule has 9 aromatic carbocycles. The highest BCUT2D eigenvalue weighted by atomic mass is 16.3. The Bertz CT molecular complexity index is 3840. The van der Waals surface area contributed by atoms with E-state index in [0.717, 1.165) is 99.5 Å². The van der Waals surface area contributed by atoms with E-state index in [9.17, 15) is 0 Å². The van der Waals surface area contributed by atoms with Crippen molar-refractivity contribution in [3.05, 3.63) is 206 Å². The number of para-hydroxylation sites is 3. The van der Waals surface area contributed by atoms with Crippen LogP contribution in [-0.4, -0.2) is 19.5 Å². The number of hydrogen-bond donors (Lipinski definition) is 0. The number of aromatic nitrogens is 4. The van der Waals surface area contributed by atoms with Gasteiger partial charge in [-0.1, -0.05) is 146 Å². The van der Waals surface area contributed by atoms with Crippen LogP contribution in [0.4, 0.5) is 0 Å². The van der Waals surface area contributed by atoms with Gasteiger partial charge in [0.2, 0.25) is 0 Å². The smallest absolute Gasteiger partial charge is 0.164 e. The zero-order valence-electron chi connectivity index (χ0n) is 33.7. The first-order valence-electron chi connectivity index (χ1n) is 21.1. The molecule has 13 rings (SSSR count). The summed E-state index contributed by atoms with van der Waals surface area (Å²) < 4.78 is 15.3. The lowest BCUT2D eigenvalue weighted by Gasteiger charge is -2.10. The van der Waals surface area contributed by atoms with E-state index in [4.69, 9.17) is 23.8 Å². The van der Waals surface area contributed by atoms with Crippen molar-refractivity contribution < 1.29 is 8.83 Å². The molecule has 0 amide bonds. The van der Waals surface area contributed by atoms with Crippen LogP contribution in [0.2, 0.25) is 0 Å². The van der Waals surface area contributed by atoms with Crippen LogP contribution >= 0.6 is 0 Å². The van der Waals surface area contributed by atoms with Crippen LogP contribution < -0.4 is 0 Å².